The molecule has 7 nitrogen and oxygen atoms in total. The van der Waals surface area contributed by atoms with E-state index in [0.29, 0.717) is 5.82 Å². The highest BCUT2D eigenvalue weighted by Gasteiger charge is 2.19. The fraction of sp³-hybridized carbons (Fsp3) is 0.0588. The number of hydrogen-bond acceptors (Lipinski definition) is 4. The number of para-hydroxylation sites is 1. The van der Waals surface area contributed by atoms with Crippen LogP contribution in [0.25, 0.3) is 0 Å². The van der Waals surface area contributed by atoms with Gasteiger partial charge in [0.05, 0.1) is 16.1 Å². The van der Waals surface area contributed by atoms with Crippen molar-refractivity contribution in [3.8, 4) is 0 Å². The molecular weight excluding hydrogens is 359 g/mol. The molecule has 1 aromatic heterocycles. The summed E-state index contributed by atoms with van der Waals surface area (Å²) < 4.78 is 41.8. The quantitative estimate of drug-likeness (QED) is 0.718. The van der Waals surface area contributed by atoms with E-state index in [1.54, 1.807) is 31.4 Å². The number of anilines is 2. The fourth-order valence-corrected chi connectivity index (χ4v) is 3.33. The van der Waals surface area contributed by atoms with Gasteiger partial charge in [0.25, 0.3) is 15.9 Å². The highest BCUT2D eigenvalue weighted by Crippen LogP contribution is 2.21. The first-order chi connectivity index (χ1) is 12.3. The number of benzene rings is 2. The van der Waals surface area contributed by atoms with Gasteiger partial charge < -0.3 is 5.32 Å². The van der Waals surface area contributed by atoms with Crippen LogP contribution >= 0.6 is 0 Å². The van der Waals surface area contributed by atoms with Gasteiger partial charge in [0.2, 0.25) is 0 Å². The molecule has 134 valence electrons. The summed E-state index contributed by atoms with van der Waals surface area (Å²) in [6.45, 7) is 0. The monoisotopic (exact) mass is 374 g/mol. The molecule has 1 heterocycles. The summed E-state index contributed by atoms with van der Waals surface area (Å²) in [6.07, 6.45) is 1.67. The summed E-state index contributed by atoms with van der Waals surface area (Å²) in [5, 5.41) is 6.64. The SMILES string of the molecule is Cn1ccc(NC(=O)c2ccccc2NS(=O)(=O)c2ccc(F)cc2)n1. The standard InChI is InChI=1S/C17H15FN4O3S/c1-22-11-10-16(20-22)19-17(23)14-4-2-3-5-15(14)21-26(24,25)13-8-6-12(18)7-9-13/h2-11,21H,1H3,(H,19,20,23). The lowest BCUT2D eigenvalue weighted by molar-refractivity contribution is 0.102. The predicted octanol–water partition coefficient (Wildman–Crippen LogP) is 2.61. The molecular formula is C17H15FN4O3S. The van der Waals surface area contributed by atoms with Crippen molar-refractivity contribution in [3.63, 3.8) is 0 Å². The number of sulfonamides is 1. The van der Waals surface area contributed by atoms with Crippen molar-refractivity contribution in [2.75, 3.05) is 10.0 Å². The number of rotatable bonds is 5. The van der Waals surface area contributed by atoms with Gasteiger partial charge in [0, 0.05) is 19.3 Å². The van der Waals surface area contributed by atoms with E-state index >= 15 is 0 Å². The number of carbonyl (C=O) groups is 1. The first-order valence-corrected chi connectivity index (χ1v) is 9.02. The smallest absolute Gasteiger partial charge is 0.261 e. The van der Waals surface area contributed by atoms with E-state index in [4.69, 9.17) is 0 Å². The van der Waals surface area contributed by atoms with E-state index in [1.165, 1.54) is 16.8 Å². The molecule has 26 heavy (non-hydrogen) atoms. The highest BCUT2D eigenvalue weighted by molar-refractivity contribution is 7.92. The van der Waals surface area contributed by atoms with Gasteiger partial charge in [-0.1, -0.05) is 12.1 Å². The third-order valence-electron chi connectivity index (χ3n) is 3.50. The van der Waals surface area contributed by atoms with E-state index in [9.17, 15) is 17.6 Å². The summed E-state index contributed by atoms with van der Waals surface area (Å²) >= 11 is 0. The van der Waals surface area contributed by atoms with Gasteiger partial charge in [-0.25, -0.2) is 12.8 Å². The number of nitrogens with zero attached hydrogens (tertiary/aromatic N) is 2. The van der Waals surface area contributed by atoms with Gasteiger partial charge in [-0.05, 0) is 36.4 Å². The van der Waals surface area contributed by atoms with Gasteiger partial charge in [0.15, 0.2) is 5.82 Å². The third-order valence-corrected chi connectivity index (χ3v) is 4.88. The molecule has 0 atom stereocenters. The van der Waals surface area contributed by atoms with Crippen LogP contribution < -0.4 is 10.0 Å². The second kappa shape index (κ2) is 6.96. The minimum absolute atomic E-state index is 0.102. The van der Waals surface area contributed by atoms with Gasteiger partial charge >= 0.3 is 0 Å². The molecule has 2 aromatic carbocycles. The molecule has 2 N–H and O–H groups in total. The Hall–Kier alpha value is -3.20. The molecule has 0 aliphatic carbocycles. The maximum Gasteiger partial charge on any atom is 0.261 e. The Kier molecular flexibility index (Phi) is 4.72. The van der Waals surface area contributed by atoms with Gasteiger partial charge in [-0.3, -0.25) is 14.2 Å². The zero-order chi connectivity index (χ0) is 18.7. The molecule has 3 aromatic rings. The molecule has 0 aliphatic rings. The molecule has 0 bridgehead atoms. The lowest BCUT2D eigenvalue weighted by Gasteiger charge is -2.12. The van der Waals surface area contributed by atoms with Crippen LogP contribution in [0.3, 0.4) is 0 Å². The number of amides is 1. The van der Waals surface area contributed by atoms with Gasteiger partial charge in [-0.15, -0.1) is 0 Å². The summed E-state index contributed by atoms with van der Waals surface area (Å²) in [5.41, 5.74) is 0.231. The Labute approximate surface area is 149 Å². The Morgan fingerprint density at radius 1 is 1.08 bits per heavy atom. The molecule has 0 saturated heterocycles. The van der Waals surface area contributed by atoms with Crippen molar-refractivity contribution in [2.24, 2.45) is 7.05 Å². The molecule has 0 radical (unpaired) electrons. The second-order valence-electron chi connectivity index (χ2n) is 5.43. The first kappa shape index (κ1) is 17.6. The molecule has 0 unspecified atom stereocenters. The Morgan fingerprint density at radius 3 is 2.42 bits per heavy atom. The van der Waals surface area contributed by atoms with Crippen molar-refractivity contribution in [1.29, 1.82) is 0 Å². The maximum absolute atomic E-state index is 13.0. The number of aryl methyl sites for hydroxylation is 1. The molecule has 9 heteroatoms. The predicted molar refractivity (Wildman–Crippen MR) is 94.8 cm³/mol. The van der Waals surface area contributed by atoms with E-state index in [2.05, 4.69) is 15.1 Å². The average molecular weight is 374 g/mol. The summed E-state index contributed by atoms with van der Waals surface area (Å²) in [4.78, 5) is 12.4. The minimum Gasteiger partial charge on any atom is -0.305 e. The van der Waals surface area contributed by atoms with E-state index in [1.807, 2.05) is 0 Å². The summed E-state index contributed by atoms with van der Waals surface area (Å²) in [5.74, 6) is -0.714. The minimum atomic E-state index is -3.97. The number of aromatic nitrogens is 2. The third kappa shape index (κ3) is 3.89. The van der Waals surface area contributed by atoms with Crippen LogP contribution in [0.4, 0.5) is 15.9 Å². The topological polar surface area (TPSA) is 93.1 Å². The first-order valence-electron chi connectivity index (χ1n) is 7.53. The van der Waals surface area contributed by atoms with Gasteiger partial charge in [-0.2, -0.15) is 5.10 Å². The van der Waals surface area contributed by atoms with Crippen molar-refractivity contribution in [2.45, 2.75) is 4.90 Å². The largest absolute Gasteiger partial charge is 0.305 e. The second-order valence-corrected chi connectivity index (χ2v) is 7.12. The van der Waals surface area contributed by atoms with E-state index in [-0.39, 0.29) is 16.1 Å². The number of carbonyl (C=O) groups excluding carboxylic acids is 1. The fourth-order valence-electron chi connectivity index (χ4n) is 2.25. The zero-order valence-electron chi connectivity index (χ0n) is 13.7. The highest BCUT2D eigenvalue weighted by atomic mass is 32.2. The number of nitrogens with one attached hydrogen (secondary N) is 2. The van der Waals surface area contributed by atoms with Crippen LogP contribution in [0.2, 0.25) is 0 Å². The molecule has 3 rings (SSSR count). The average Bonchev–Trinajstić information content (AvgIpc) is 3.00. The summed E-state index contributed by atoms with van der Waals surface area (Å²) in [6, 6.07) is 12.2. The lowest BCUT2D eigenvalue weighted by atomic mass is 10.1. The van der Waals surface area contributed by atoms with Crippen LogP contribution in [-0.4, -0.2) is 24.1 Å². The van der Waals surface area contributed by atoms with Crippen molar-refractivity contribution >= 4 is 27.4 Å². The maximum atomic E-state index is 13.0. The molecule has 0 aliphatic heterocycles. The molecule has 0 saturated carbocycles. The van der Waals surface area contributed by atoms with Crippen molar-refractivity contribution < 1.29 is 17.6 Å². The Morgan fingerprint density at radius 2 is 1.77 bits per heavy atom. The van der Waals surface area contributed by atoms with Crippen LogP contribution in [-0.2, 0) is 17.1 Å². The zero-order valence-corrected chi connectivity index (χ0v) is 14.5. The molecule has 0 fully saturated rings. The number of hydrogen-bond donors (Lipinski definition) is 2. The molecule has 0 spiro atoms. The van der Waals surface area contributed by atoms with Crippen molar-refractivity contribution in [3.05, 3.63) is 72.2 Å². The summed E-state index contributed by atoms with van der Waals surface area (Å²) in [7, 11) is -2.26. The van der Waals surface area contributed by atoms with E-state index in [0.717, 1.165) is 24.3 Å². The van der Waals surface area contributed by atoms with Crippen LogP contribution in [0, 0.1) is 5.82 Å². The van der Waals surface area contributed by atoms with Gasteiger partial charge in [0.1, 0.15) is 5.82 Å². The lowest BCUT2D eigenvalue weighted by Crippen LogP contribution is -2.18. The van der Waals surface area contributed by atoms with Crippen molar-refractivity contribution in [1.82, 2.24) is 9.78 Å². The van der Waals surface area contributed by atoms with Crippen LogP contribution in [0.5, 0.6) is 0 Å². The Balaban J connectivity index is 1.87. The van der Waals surface area contributed by atoms with E-state index < -0.39 is 21.7 Å². The normalized spacial score (nSPS) is 11.2. The molecule has 1 amide bonds. The van der Waals surface area contributed by atoms with Crippen LogP contribution in [0.1, 0.15) is 10.4 Å². The Bertz CT molecular complexity index is 1050. The van der Waals surface area contributed by atoms with Crippen LogP contribution in [0.15, 0.2) is 65.7 Å². The number of halogens is 1.